The van der Waals surface area contributed by atoms with Crippen molar-refractivity contribution in [1.29, 1.82) is 0 Å². The molecule has 0 saturated heterocycles. The summed E-state index contributed by atoms with van der Waals surface area (Å²) in [5.74, 6) is 1.79. The molecule has 1 unspecified atom stereocenters. The van der Waals surface area contributed by atoms with Crippen LogP contribution in [0.2, 0.25) is 0 Å². The Kier molecular flexibility index (Phi) is 5.25. The Balaban J connectivity index is 3.18. The second-order valence-corrected chi connectivity index (χ2v) is 3.95. The highest BCUT2D eigenvalue weighted by Crippen LogP contribution is 2.33. The minimum atomic E-state index is 0.115. The molecule has 2 N–H and O–H groups in total. The van der Waals surface area contributed by atoms with E-state index in [2.05, 4.69) is 0 Å². The fourth-order valence-electron chi connectivity index (χ4n) is 1.88. The van der Waals surface area contributed by atoms with Crippen LogP contribution in [0.3, 0.4) is 0 Å². The largest absolute Gasteiger partial charge is 0.496 e. The number of rotatable bonds is 6. The van der Waals surface area contributed by atoms with Gasteiger partial charge in [0.15, 0.2) is 0 Å². The van der Waals surface area contributed by atoms with Gasteiger partial charge in [-0.2, -0.15) is 0 Å². The molecule has 0 radical (unpaired) electrons. The molecule has 0 saturated carbocycles. The lowest BCUT2D eigenvalue weighted by Gasteiger charge is -2.19. The van der Waals surface area contributed by atoms with Crippen molar-refractivity contribution in [1.82, 2.24) is 0 Å². The normalized spacial score (nSPS) is 12.3. The maximum absolute atomic E-state index is 5.77. The molecule has 1 aromatic rings. The average Bonchev–Trinajstić information content (AvgIpc) is 2.35. The van der Waals surface area contributed by atoms with Gasteiger partial charge in [0.25, 0.3) is 0 Å². The van der Waals surface area contributed by atoms with E-state index < -0.39 is 0 Å². The third-order valence-corrected chi connectivity index (χ3v) is 2.84. The van der Waals surface area contributed by atoms with Crippen LogP contribution in [0.4, 0.5) is 0 Å². The SMILES string of the molecule is COCC(CN)c1cc(OC)c(C)cc1OC. The third-order valence-electron chi connectivity index (χ3n) is 2.84. The zero-order chi connectivity index (χ0) is 12.8. The van der Waals surface area contributed by atoms with Gasteiger partial charge in [0.05, 0.1) is 20.8 Å². The number of nitrogens with two attached hydrogens (primary N) is 1. The van der Waals surface area contributed by atoms with Gasteiger partial charge in [-0.1, -0.05) is 0 Å². The Bertz CT molecular complexity index is 366. The summed E-state index contributed by atoms with van der Waals surface area (Å²) in [5, 5.41) is 0. The monoisotopic (exact) mass is 239 g/mol. The van der Waals surface area contributed by atoms with E-state index in [4.69, 9.17) is 19.9 Å². The first kappa shape index (κ1) is 13.8. The number of ether oxygens (including phenoxy) is 3. The average molecular weight is 239 g/mol. The molecular formula is C13H21NO3. The van der Waals surface area contributed by atoms with Crippen LogP contribution in [0.1, 0.15) is 17.0 Å². The predicted molar refractivity (Wildman–Crippen MR) is 68.0 cm³/mol. The van der Waals surface area contributed by atoms with Crippen molar-refractivity contribution in [2.75, 3.05) is 34.5 Å². The minimum Gasteiger partial charge on any atom is -0.496 e. The van der Waals surface area contributed by atoms with Crippen LogP contribution in [-0.2, 0) is 4.74 Å². The molecule has 0 heterocycles. The van der Waals surface area contributed by atoms with Crippen LogP contribution in [-0.4, -0.2) is 34.5 Å². The summed E-state index contributed by atoms with van der Waals surface area (Å²) < 4.78 is 15.9. The molecule has 4 nitrogen and oxygen atoms in total. The topological polar surface area (TPSA) is 53.7 Å². The molecule has 0 spiro atoms. The van der Waals surface area contributed by atoms with Crippen molar-refractivity contribution in [3.05, 3.63) is 23.3 Å². The molecule has 0 aliphatic heterocycles. The first-order valence-electron chi connectivity index (χ1n) is 5.59. The molecule has 0 aliphatic rings. The molecule has 96 valence electrons. The van der Waals surface area contributed by atoms with Crippen LogP contribution >= 0.6 is 0 Å². The Labute approximate surface area is 103 Å². The van der Waals surface area contributed by atoms with Crippen molar-refractivity contribution in [3.63, 3.8) is 0 Å². The summed E-state index contributed by atoms with van der Waals surface area (Å²) in [4.78, 5) is 0. The van der Waals surface area contributed by atoms with Gasteiger partial charge in [0.2, 0.25) is 0 Å². The van der Waals surface area contributed by atoms with Crippen LogP contribution in [0.25, 0.3) is 0 Å². The van der Waals surface area contributed by atoms with Crippen molar-refractivity contribution < 1.29 is 14.2 Å². The van der Waals surface area contributed by atoms with E-state index in [-0.39, 0.29) is 5.92 Å². The lowest BCUT2D eigenvalue weighted by molar-refractivity contribution is 0.179. The van der Waals surface area contributed by atoms with Crippen molar-refractivity contribution in [2.45, 2.75) is 12.8 Å². The minimum absolute atomic E-state index is 0.115. The van der Waals surface area contributed by atoms with Gasteiger partial charge in [-0.3, -0.25) is 0 Å². The smallest absolute Gasteiger partial charge is 0.123 e. The van der Waals surface area contributed by atoms with Crippen molar-refractivity contribution in [2.24, 2.45) is 5.73 Å². The van der Waals surface area contributed by atoms with Gasteiger partial charge in [-0.15, -0.1) is 0 Å². The van der Waals surface area contributed by atoms with E-state index in [1.54, 1.807) is 21.3 Å². The van der Waals surface area contributed by atoms with E-state index in [0.29, 0.717) is 13.2 Å². The summed E-state index contributed by atoms with van der Waals surface area (Å²) in [6.45, 7) is 3.06. The maximum atomic E-state index is 5.77. The standard InChI is InChI=1S/C13H21NO3/c1-9-5-13(17-4)11(6-12(9)16-3)10(7-14)8-15-2/h5-6,10H,7-8,14H2,1-4H3. The zero-order valence-electron chi connectivity index (χ0n) is 10.9. The maximum Gasteiger partial charge on any atom is 0.123 e. The van der Waals surface area contributed by atoms with Gasteiger partial charge in [0, 0.05) is 25.1 Å². The second kappa shape index (κ2) is 6.47. The first-order chi connectivity index (χ1) is 8.17. The highest BCUT2D eigenvalue weighted by atomic mass is 16.5. The summed E-state index contributed by atoms with van der Waals surface area (Å²) in [7, 11) is 4.98. The van der Waals surface area contributed by atoms with Crippen LogP contribution < -0.4 is 15.2 Å². The predicted octanol–water partition coefficient (Wildman–Crippen LogP) is 1.70. The number of methoxy groups -OCH3 is 3. The summed E-state index contributed by atoms with van der Waals surface area (Å²) in [6.07, 6.45) is 0. The van der Waals surface area contributed by atoms with Crippen LogP contribution in [0.5, 0.6) is 11.5 Å². The molecule has 1 atom stereocenters. The van der Waals surface area contributed by atoms with Gasteiger partial charge in [-0.25, -0.2) is 0 Å². The summed E-state index contributed by atoms with van der Waals surface area (Å²) >= 11 is 0. The molecule has 0 aliphatic carbocycles. The van der Waals surface area contributed by atoms with Gasteiger partial charge >= 0.3 is 0 Å². The van der Waals surface area contributed by atoms with Crippen LogP contribution in [0.15, 0.2) is 12.1 Å². The lowest BCUT2D eigenvalue weighted by Crippen LogP contribution is -2.18. The van der Waals surface area contributed by atoms with E-state index in [9.17, 15) is 0 Å². The number of hydrogen-bond donors (Lipinski definition) is 1. The molecule has 0 amide bonds. The number of hydrogen-bond acceptors (Lipinski definition) is 4. The second-order valence-electron chi connectivity index (χ2n) is 3.95. The third kappa shape index (κ3) is 3.11. The van der Waals surface area contributed by atoms with E-state index >= 15 is 0 Å². The molecule has 0 fully saturated rings. The Morgan fingerprint density at radius 1 is 1.12 bits per heavy atom. The van der Waals surface area contributed by atoms with Gasteiger partial charge < -0.3 is 19.9 Å². The van der Waals surface area contributed by atoms with Gasteiger partial charge in [-0.05, 0) is 24.6 Å². The van der Waals surface area contributed by atoms with E-state index in [0.717, 1.165) is 22.6 Å². The molecule has 1 aromatic carbocycles. The molecule has 17 heavy (non-hydrogen) atoms. The van der Waals surface area contributed by atoms with Crippen molar-refractivity contribution >= 4 is 0 Å². The van der Waals surface area contributed by atoms with E-state index in [1.165, 1.54) is 0 Å². The quantitative estimate of drug-likeness (QED) is 0.821. The molecule has 1 rings (SSSR count). The molecule has 0 aromatic heterocycles. The number of benzene rings is 1. The van der Waals surface area contributed by atoms with Crippen LogP contribution in [0, 0.1) is 6.92 Å². The van der Waals surface area contributed by atoms with E-state index in [1.807, 2.05) is 19.1 Å². The highest BCUT2D eigenvalue weighted by Gasteiger charge is 2.17. The Morgan fingerprint density at radius 2 is 1.76 bits per heavy atom. The Hall–Kier alpha value is -1.26. The van der Waals surface area contributed by atoms with Gasteiger partial charge in [0.1, 0.15) is 11.5 Å². The molecule has 0 bridgehead atoms. The highest BCUT2D eigenvalue weighted by molar-refractivity contribution is 5.47. The molecule has 4 heteroatoms. The molecular weight excluding hydrogens is 218 g/mol. The number of aryl methyl sites for hydroxylation is 1. The fourth-order valence-corrected chi connectivity index (χ4v) is 1.88. The first-order valence-corrected chi connectivity index (χ1v) is 5.59. The summed E-state index contributed by atoms with van der Waals surface area (Å²) in [5.41, 5.74) is 7.84. The fraction of sp³-hybridized carbons (Fsp3) is 0.538. The summed E-state index contributed by atoms with van der Waals surface area (Å²) in [6, 6.07) is 3.94. The zero-order valence-corrected chi connectivity index (χ0v) is 10.9. The Morgan fingerprint density at radius 3 is 2.24 bits per heavy atom. The lowest BCUT2D eigenvalue weighted by atomic mass is 9.97. The van der Waals surface area contributed by atoms with Crippen molar-refractivity contribution in [3.8, 4) is 11.5 Å².